The Balaban J connectivity index is 1.71. The van der Waals surface area contributed by atoms with Gasteiger partial charge in [-0.3, -0.25) is 14.8 Å². The number of aromatic nitrogens is 4. The summed E-state index contributed by atoms with van der Waals surface area (Å²) >= 11 is 0. The van der Waals surface area contributed by atoms with Crippen LogP contribution in [-0.4, -0.2) is 26.3 Å². The van der Waals surface area contributed by atoms with Gasteiger partial charge >= 0.3 is 0 Å². The molecular weight excluding hydrogens is 352 g/mol. The van der Waals surface area contributed by atoms with Crippen LogP contribution in [0.1, 0.15) is 0 Å². The molecule has 0 aliphatic carbocycles. The van der Waals surface area contributed by atoms with Crippen molar-refractivity contribution in [1.82, 2.24) is 19.9 Å². The first kappa shape index (κ1) is 17.3. The summed E-state index contributed by atoms with van der Waals surface area (Å²) in [5.74, 6) is 0.411. The van der Waals surface area contributed by atoms with E-state index < -0.39 is 0 Å². The Morgan fingerprint density at radius 3 is 2.57 bits per heavy atom. The van der Waals surface area contributed by atoms with Gasteiger partial charge < -0.3 is 10.6 Å². The molecule has 7 nitrogen and oxygen atoms in total. The van der Waals surface area contributed by atoms with Crippen molar-refractivity contribution in [1.29, 1.82) is 0 Å². The fourth-order valence-electron chi connectivity index (χ4n) is 2.82. The average molecular weight is 368 g/mol. The fraction of sp³-hybridized carbons (Fsp3) is 0. The number of carbonyl (C=O) groups is 1. The highest BCUT2D eigenvalue weighted by molar-refractivity contribution is 5.93. The molecule has 0 bridgehead atoms. The highest BCUT2D eigenvalue weighted by Gasteiger charge is 2.12. The van der Waals surface area contributed by atoms with E-state index in [2.05, 4.69) is 30.6 Å². The van der Waals surface area contributed by atoms with E-state index in [0.717, 1.165) is 22.5 Å². The summed E-state index contributed by atoms with van der Waals surface area (Å²) in [4.78, 5) is 28.5. The number of benzene rings is 1. The quantitative estimate of drug-likeness (QED) is 0.501. The predicted molar refractivity (Wildman–Crippen MR) is 108 cm³/mol. The lowest BCUT2D eigenvalue weighted by molar-refractivity contribution is -0.105. The summed E-state index contributed by atoms with van der Waals surface area (Å²) in [6.45, 7) is 0. The fourth-order valence-corrected chi connectivity index (χ4v) is 2.82. The molecule has 28 heavy (non-hydrogen) atoms. The van der Waals surface area contributed by atoms with Gasteiger partial charge in [-0.1, -0.05) is 18.2 Å². The predicted octanol–water partition coefficient (Wildman–Crippen LogP) is 3.91. The Hall–Kier alpha value is -4.13. The standard InChI is InChI=1S/C21H16N6O/c28-14-25-20-16(18-7-1-2-11-23-18)6-3-8-19(20)27-21-24-12-9-17(26-21)15-5-4-10-22-13-15/h1-14H,(H,25,28)(H,24,26,27). The molecule has 4 rings (SSSR count). The number of pyridine rings is 2. The number of amides is 1. The number of anilines is 3. The maximum atomic E-state index is 11.2. The molecule has 1 aromatic carbocycles. The molecule has 1 amide bonds. The second kappa shape index (κ2) is 8.05. The van der Waals surface area contributed by atoms with Crippen LogP contribution in [0.15, 0.2) is 79.4 Å². The first-order chi connectivity index (χ1) is 13.8. The van der Waals surface area contributed by atoms with Crippen molar-refractivity contribution in [3.63, 3.8) is 0 Å². The number of hydrogen-bond donors (Lipinski definition) is 2. The topological polar surface area (TPSA) is 92.7 Å². The van der Waals surface area contributed by atoms with Crippen LogP contribution in [0.25, 0.3) is 22.5 Å². The van der Waals surface area contributed by atoms with Gasteiger partial charge in [0.15, 0.2) is 0 Å². The van der Waals surface area contributed by atoms with Crippen LogP contribution in [0.2, 0.25) is 0 Å². The molecular formula is C21H16N6O. The third-order valence-corrected chi connectivity index (χ3v) is 4.07. The number of hydrogen-bond acceptors (Lipinski definition) is 6. The molecule has 0 aliphatic rings. The molecule has 0 unspecified atom stereocenters. The minimum atomic E-state index is 0.411. The highest BCUT2D eigenvalue weighted by atomic mass is 16.1. The molecule has 0 fully saturated rings. The minimum absolute atomic E-state index is 0.411. The first-order valence-corrected chi connectivity index (χ1v) is 8.60. The summed E-state index contributed by atoms with van der Waals surface area (Å²) < 4.78 is 0. The lowest BCUT2D eigenvalue weighted by atomic mass is 10.1. The number of para-hydroxylation sites is 1. The van der Waals surface area contributed by atoms with Gasteiger partial charge in [0.2, 0.25) is 12.4 Å². The number of rotatable bonds is 6. The molecule has 7 heteroatoms. The Labute approximate surface area is 161 Å². The van der Waals surface area contributed by atoms with Crippen LogP contribution in [0.4, 0.5) is 17.3 Å². The second-order valence-corrected chi connectivity index (χ2v) is 5.84. The smallest absolute Gasteiger partial charge is 0.227 e. The van der Waals surface area contributed by atoms with Gasteiger partial charge in [-0.05, 0) is 36.4 Å². The zero-order chi connectivity index (χ0) is 19.2. The maximum Gasteiger partial charge on any atom is 0.227 e. The molecule has 3 aromatic heterocycles. The third-order valence-electron chi connectivity index (χ3n) is 4.07. The maximum absolute atomic E-state index is 11.2. The van der Waals surface area contributed by atoms with Crippen molar-refractivity contribution in [3.8, 4) is 22.5 Å². The van der Waals surface area contributed by atoms with Gasteiger partial charge in [0, 0.05) is 35.9 Å². The van der Waals surface area contributed by atoms with Gasteiger partial charge in [-0.25, -0.2) is 9.97 Å². The Morgan fingerprint density at radius 2 is 1.79 bits per heavy atom. The summed E-state index contributed by atoms with van der Waals surface area (Å²) in [7, 11) is 0. The van der Waals surface area contributed by atoms with Crippen molar-refractivity contribution in [2.45, 2.75) is 0 Å². The molecule has 0 radical (unpaired) electrons. The molecule has 0 atom stereocenters. The molecule has 2 N–H and O–H groups in total. The lowest BCUT2D eigenvalue weighted by Crippen LogP contribution is -2.04. The Morgan fingerprint density at radius 1 is 0.821 bits per heavy atom. The van der Waals surface area contributed by atoms with Crippen LogP contribution in [0, 0.1) is 0 Å². The van der Waals surface area contributed by atoms with Crippen molar-refractivity contribution in [2.75, 3.05) is 10.6 Å². The number of carbonyl (C=O) groups excluding carboxylic acids is 1. The summed E-state index contributed by atoms with van der Waals surface area (Å²) in [5, 5.41) is 5.95. The highest BCUT2D eigenvalue weighted by Crippen LogP contribution is 2.34. The SMILES string of the molecule is O=CNc1c(Nc2nccc(-c3cccnc3)n2)cccc1-c1ccccn1. The molecule has 0 saturated carbocycles. The normalized spacial score (nSPS) is 10.3. The number of nitrogens with one attached hydrogen (secondary N) is 2. The van der Waals surface area contributed by atoms with E-state index in [-0.39, 0.29) is 0 Å². The summed E-state index contributed by atoms with van der Waals surface area (Å²) in [6.07, 6.45) is 7.48. The van der Waals surface area contributed by atoms with Crippen LogP contribution < -0.4 is 10.6 Å². The molecule has 4 aromatic rings. The monoisotopic (exact) mass is 368 g/mol. The third kappa shape index (κ3) is 3.68. The van der Waals surface area contributed by atoms with Gasteiger partial charge in [-0.2, -0.15) is 0 Å². The van der Waals surface area contributed by atoms with E-state index >= 15 is 0 Å². The van der Waals surface area contributed by atoms with Crippen LogP contribution >= 0.6 is 0 Å². The summed E-state index contributed by atoms with van der Waals surface area (Å²) in [6, 6.07) is 16.8. The average Bonchev–Trinajstić information content (AvgIpc) is 2.76. The van der Waals surface area contributed by atoms with Gasteiger partial charge in [0.1, 0.15) is 0 Å². The molecule has 3 heterocycles. The van der Waals surface area contributed by atoms with Crippen molar-refractivity contribution in [2.24, 2.45) is 0 Å². The zero-order valence-corrected chi connectivity index (χ0v) is 14.8. The van der Waals surface area contributed by atoms with E-state index in [0.29, 0.717) is 23.7 Å². The largest absolute Gasteiger partial charge is 0.326 e. The Kier molecular flexibility index (Phi) is 4.97. The van der Waals surface area contributed by atoms with Crippen LogP contribution in [-0.2, 0) is 4.79 Å². The van der Waals surface area contributed by atoms with Crippen molar-refractivity contribution < 1.29 is 4.79 Å². The van der Waals surface area contributed by atoms with Crippen LogP contribution in [0.5, 0.6) is 0 Å². The zero-order valence-electron chi connectivity index (χ0n) is 14.8. The van der Waals surface area contributed by atoms with E-state index in [1.807, 2.05) is 54.6 Å². The lowest BCUT2D eigenvalue weighted by Gasteiger charge is -2.14. The van der Waals surface area contributed by atoms with E-state index in [4.69, 9.17) is 0 Å². The number of nitrogens with zero attached hydrogens (tertiary/aromatic N) is 4. The molecule has 0 saturated heterocycles. The van der Waals surface area contributed by atoms with Gasteiger partial charge in [0.05, 0.1) is 22.8 Å². The second-order valence-electron chi connectivity index (χ2n) is 5.84. The van der Waals surface area contributed by atoms with Gasteiger partial charge in [-0.15, -0.1) is 0 Å². The van der Waals surface area contributed by atoms with Crippen molar-refractivity contribution in [3.05, 3.63) is 79.4 Å². The molecule has 0 spiro atoms. The molecule has 0 aliphatic heterocycles. The van der Waals surface area contributed by atoms with E-state index in [1.54, 1.807) is 24.8 Å². The Bertz CT molecular complexity index is 1090. The van der Waals surface area contributed by atoms with E-state index in [9.17, 15) is 4.79 Å². The van der Waals surface area contributed by atoms with Gasteiger partial charge in [0.25, 0.3) is 0 Å². The first-order valence-electron chi connectivity index (χ1n) is 8.60. The van der Waals surface area contributed by atoms with Crippen molar-refractivity contribution >= 4 is 23.7 Å². The van der Waals surface area contributed by atoms with Crippen LogP contribution in [0.3, 0.4) is 0 Å². The molecule has 136 valence electrons. The van der Waals surface area contributed by atoms with E-state index in [1.165, 1.54) is 0 Å². The summed E-state index contributed by atoms with van der Waals surface area (Å²) in [5.41, 5.74) is 4.45. The minimum Gasteiger partial charge on any atom is -0.326 e.